The molecule has 4 nitrogen and oxygen atoms in total. The van der Waals surface area contributed by atoms with Gasteiger partial charge in [-0.05, 0) is 29.6 Å². The first kappa shape index (κ1) is 14.0. The average Bonchev–Trinajstić information content (AvgIpc) is 2.83. The third-order valence-electron chi connectivity index (χ3n) is 2.54. The highest BCUT2D eigenvalue weighted by Gasteiger charge is 2.09. The van der Waals surface area contributed by atoms with Crippen LogP contribution < -0.4 is 0 Å². The Kier molecular flexibility index (Phi) is 4.93. The number of hydrogen-bond acceptors (Lipinski definition) is 6. The van der Waals surface area contributed by atoms with Crippen molar-refractivity contribution in [1.29, 1.82) is 0 Å². The van der Waals surface area contributed by atoms with Crippen molar-refractivity contribution in [3.05, 3.63) is 41.2 Å². The molecule has 0 amide bonds. The Morgan fingerprint density at radius 3 is 2.74 bits per heavy atom. The lowest BCUT2D eigenvalue weighted by atomic mass is 10.1. The minimum Gasteiger partial charge on any atom is -0.469 e. The first-order chi connectivity index (χ1) is 9.19. The second kappa shape index (κ2) is 6.68. The molecule has 0 saturated carbocycles. The second-order valence-corrected chi connectivity index (χ2v) is 5.89. The van der Waals surface area contributed by atoms with Gasteiger partial charge in [0, 0.05) is 5.75 Å². The minimum absolute atomic E-state index is 0.218. The molecule has 0 bridgehead atoms. The number of benzene rings is 1. The molecule has 100 valence electrons. The molecule has 0 unspecified atom stereocenters. The third kappa shape index (κ3) is 4.04. The van der Waals surface area contributed by atoms with Crippen LogP contribution in [0.5, 0.6) is 0 Å². The Morgan fingerprint density at radius 2 is 2.11 bits per heavy atom. The van der Waals surface area contributed by atoms with E-state index in [1.165, 1.54) is 18.6 Å². The van der Waals surface area contributed by atoms with Crippen molar-refractivity contribution in [3.63, 3.8) is 0 Å². The number of aryl methyl sites for hydroxylation is 1. The summed E-state index contributed by atoms with van der Waals surface area (Å²) in [5, 5.41) is 0. The van der Waals surface area contributed by atoms with Crippen LogP contribution in [-0.2, 0) is 21.7 Å². The van der Waals surface area contributed by atoms with Gasteiger partial charge in [0.1, 0.15) is 5.82 Å². The number of aromatic nitrogens is 2. The molecule has 19 heavy (non-hydrogen) atoms. The fourth-order valence-corrected chi connectivity index (χ4v) is 3.26. The number of esters is 1. The van der Waals surface area contributed by atoms with Gasteiger partial charge in [0.15, 0.2) is 4.34 Å². The highest BCUT2D eigenvalue weighted by molar-refractivity contribution is 8.00. The van der Waals surface area contributed by atoms with E-state index < -0.39 is 0 Å². The molecule has 0 saturated heterocycles. The summed E-state index contributed by atoms with van der Waals surface area (Å²) in [6, 6.07) is 7.89. The lowest BCUT2D eigenvalue weighted by Crippen LogP contribution is -2.06. The molecule has 6 heteroatoms. The van der Waals surface area contributed by atoms with E-state index in [-0.39, 0.29) is 5.97 Å². The number of carbonyl (C=O) groups excluding carboxylic acids is 1. The van der Waals surface area contributed by atoms with E-state index in [0.29, 0.717) is 6.42 Å². The SMILES string of the molecule is COC(=O)Cc1ccccc1CSc1nc(C)ns1. The van der Waals surface area contributed by atoms with Crippen LogP contribution in [-0.4, -0.2) is 22.4 Å². The predicted molar refractivity (Wildman–Crippen MR) is 76.4 cm³/mol. The summed E-state index contributed by atoms with van der Waals surface area (Å²) in [4.78, 5) is 15.7. The fourth-order valence-electron chi connectivity index (χ4n) is 1.57. The Hall–Kier alpha value is -1.40. The van der Waals surface area contributed by atoms with Gasteiger partial charge in [-0.2, -0.15) is 4.37 Å². The van der Waals surface area contributed by atoms with Gasteiger partial charge < -0.3 is 4.74 Å². The van der Waals surface area contributed by atoms with Crippen LogP contribution in [0.1, 0.15) is 17.0 Å². The summed E-state index contributed by atoms with van der Waals surface area (Å²) < 4.78 is 9.81. The molecule has 0 radical (unpaired) electrons. The monoisotopic (exact) mass is 294 g/mol. The number of rotatable bonds is 5. The van der Waals surface area contributed by atoms with E-state index >= 15 is 0 Å². The summed E-state index contributed by atoms with van der Waals surface area (Å²) >= 11 is 3.04. The molecule has 0 aliphatic rings. The molecule has 0 spiro atoms. The molecular formula is C13H14N2O2S2. The maximum atomic E-state index is 11.4. The molecule has 0 aliphatic carbocycles. The number of methoxy groups -OCH3 is 1. The van der Waals surface area contributed by atoms with Crippen LogP contribution in [0.25, 0.3) is 0 Å². The van der Waals surface area contributed by atoms with Gasteiger partial charge in [0.25, 0.3) is 0 Å². The Bertz CT molecular complexity index is 569. The molecule has 0 N–H and O–H groups in total. The lowest BCUT2D eigenvalue weighted by molar-refractivity contribution is -0.139. The minimum atomic E-state index is -0.218. The molecular weight excluding hydrogens is 280 g/mol. The summed E-state index contributed by atoms with van der Waals surface area (Å²) in [5.74, 6) is 1.36. The summed E-state index contributed by atoms with van der Waals surface area (Å²) in [6.07, 6.45) is 0.308. The maximum Gasteiger partial charge on any atom is 0.309 e. The largest absolute Gasteiger partial charge is 0.469 e. The van der Waals surface area contributed by atoms with Crippen molar-refractivity contribution in [2.24, 2.45) is 0 Å². The van der Waals surface area contributed by atoms with Crippen LogP contribution in [0, 0.1) is 6.92 Å². The van der Waals surface area contributed by atoms with Crippen LogP contribution in [0.3, 0.4) is 0 Å². The van der Waals surface area contributed by atoms with Gasteiger partial charge in [-0.25, -0.2) is 4.98 Å². The lowest BCUT2D eigenvalue weighted by Gasteiger charge is -2.07. The number of hydrogen-bond donors (Lipinski definition) is 0. The first-order valence-corrected chi connectivity index (χ1v) is 7.51. The van der Waals surface area contributed by atoms with E-state index in [1.807, 2.05) is 31.2 Å². The average molecular weight is 294 g/mol. The third-order valence-corrected chi connectivity index (χ3v) is 4.51. The molecule has 0 aliphatic heterocycles. The van der Waals surface area contributed by atoms with Gasteiger partial charge in [0.05, 0.1) is 13.5 Å². The number of ether oxygens (including phenoxy) is 1. The second-order valence-electron chi connectivity index (χ2n) is 3.92. The zero-order chi connectivity index (χ0) is 13.7. The van der Waals surface area contributed by atoms with Crippen molar-refractivity contribution in [3.8, 4) is 0 Å². The Labute approximate surface area is 120 Å². The van der Waals surface area contributed by atoms with Crippen molar-refractivity contribution in [1.82, 2.24) is 9.36 Å². The number of carbonyl (C=O) groups is 1. The van der Waals surface area contributed by atoms with Gasteiger partial charge >= 0.3 is 5.97 Å². The Morgan fingerprint density at radius 1 is 1.37 bits per heavy atom. The molecule has 2 rings (SSSR count). The maximum absolute atomic E-state index is 11.4. The van der Waals surface area contributed by atoms with Gasteiger partial charge in [0.2, 0.25) is 0 Å². The van der Waals surface area contributed by atoms with Crippen molar-refractivity contribution in [2.45, 2.75) is 23.4 Å². The van der Waals surface area contributed by atoms with E-state index in [1.54, 1.807) is 11.8 Å². The molecule has 1 aromatic carbocycles. The highest BCUT2D eigenvalue weighted by atomic mass is 32.2. The van der Waals surface area contributed by atoms with E-state index in [2.05, 4.69) is 9.36 Å². The van der Waals surface area contributed by atoms with E-state index in [4.69, 9.17) is 4.74 Å². The van der Waals surface area contributed by atoms with Crippen LogP contribution in [0.15, 0.2) is 28.6 Å². The van der Waals surface area contributed by atoms with Crippen LogP contribution in [0.2, 0.25) is 0 Å². The first-order valence-electron chi connectivity index (χ1n) is 5.75. The van der Waals surface area contributed by atoms with Gasteiger partial charge in [-0.3, -0.25) is 4.79 Å². The highest BCUT2D eigenvalue weighted by Crippen LogP contribution is 2.26. The fraction of sp³-hybridized carbons (Fsp3) is 0.308. The van der Waals surface area contributed by atoms with Crippen LogP contribution in [0.4, 0.5) is 0 Å². The number of thioether (sulfide) groups is 1. The van der Waals surface area contributed by atoms with Crippen molar-refractivity contribution in [2.75, 3.05) is 7.11 Å². The van der Waals surface area contributed by atoms with Gasteiger partial charge in [-0.1, -0.05) is 36.0 Å². The van der Waals surface area contributed by atoms with Crippen LogP contribution >= 0.6 is 23.3 Å². The molecule has 2 aromatic rings. The van der Waals surface area contributed by atoms with Crippen molar-refractivity contribution >= 4 is 29.3 Å². The standard InChI is InChI=1S/C13H14N2O2S2/c1-9-14-13(19-15-9)18-8-11-6-4-3-5-10(11)7-12(16)17-2/h3-6H,7-8H2,1-2H3. The quantitative estimate of drug-likeness (QED) is 0.627. The van der Waals surface area contributed by atoms with E-state index in [9.17, 15) is 4.79 Å². The van der Waals surface area contributed by atoms with E-state index in [0.717, 1.165) is 27.0 Å². The predicted octanol–water partition coefficient (Wildman–Crippen LogP) is 2.85. The number of nitrogens with zero attached hydrogens (tertiary/aromatic N) is 2. The summed E-state index contributed by atoms with van der Waals surface area (Å²) in [6.45, 7) is 1.88. The Balaban J connectivity index is 2.05. The molecule has 0 fully saturated rings. The smallest absolute Gasteiger partial charge is 0.309 e. The molecule has 1 aromatic heterocycles. The molecule has 0 atom stereocenters. The zero-order valence-corrected chi connectivity index (χ0v) is 12.4. The summed E-state index contributed by atoms with van der Waals surface area (Å²) in [7, 11) is 1.41. The summed E-state index contributed by atoms with van der Waals surface area (Å²) in [5.41, 5.74) is 2.13. The molecule has 1 heterocycles. The van der Waals surface area contributed by atoms with Gasteiger partial charge in [-0.15, -0.1) is 0 Å². The van der Waals surface area contributed by atoms with Crippen molar-refractivity contribution < 1.29 is 9.53 Å². The zero-order valence-electron chi connectivity index (χ0n) is 10.8. The topological polar surface area (TPSA) is 52.1 Å². The normalized spacial score (nSPS) is 10.4.